The van der Waals surface area contributed by atoms with Gasteiger partial charge in [-0.3, -0.25) is 0 Å². The van der Waals surface area contributed by atoms with Crippen molar-refractivity contribution in [1.29, 1.82) is 0 Å². The average Bonchev–Trinajstić information content (AvgIpc) is 2.45. The van der Waals surface area contributed by atoms with Crippen LogP contribution in [0.15, 0.2) is 18.3 Å². The SMILES string of the molecule is COC(=O)c1cccnc1NCC1(O)CCCCC1. The van der Waals surface area contributed by atoms with Crippen molar-refractivity contribution in [2.45, 2.75) is 37.7 Å². The van der Waals surface area contributed by atoms with Crippen LogP contribution in [0.2, 0.25) is 0 Å². The van der Waals surface area contributed by atoms with Crippen LogP contribution < -0.4 is 5.32 Å². The van der Waals surface area contributed by atoms with E-state index < -0.39 is 11.6 Å². The number of methoxy groups -OCH3 is 1. The summed E-state index contributed by atoms with van der Waals surface area (Å²) in [4.78, 5) is 15.7. The monoisotopic (exact) mass is 264 g/mol. The second-order valence-electron chi connectivity index (χ2n) is 5.03. The highest BCUT2D eigenvalue weighted by atomic mass is 16.5. The second-order valence-corrected chi connectivity index (χ2v) is 5.03. The summed E-state index contributed by atoms with van der Waals surface area (Å²) in [6.07, 6.45) is 6.47. The molecule has 0 atom stereocenters. The van der Waals surface area contributed by atoms with Crippen LogP contribution in [0.1, 0.15) is 42.5 Å². The zero-order valence-corrected chi connectivity index (χ0v) is 11.2. The molecule has 0 saturated heterocycles. The van der Waals surface area contributed by atoms with Gasteiger partial charge in [-0.1, -0.05) is 19.3 Å². The highest BCUT2D eigenvalue weighted by Gasteiger charge is 2.29. The molecule has 0 amide bonds. The van der Waals surface area contributed by atoms with Crippen LogP contribution >= 0.6 is 0 Å². The van der Waals surface area contributed by atoms with Gasteiger partial charge in [0.2, 0.25) is 0 Å². The van der Waals surface area contributed by atoms with Gasteiger partial charge in [-0.05, 0) is 25.0 Å². The number of aromatic nitrogens is 1. The lowest BCUT2D eigenvalue weighted by atomic mass is 9.85. The number of nitrogens with zero attached hydrogens (tertiary/aromatic N) is 1. The normalized spacial score (nSPS) is 17.8. The Morgan fingerprint density at radius 3 is 2.89 bits per heavy atom. The number of ether oxygens (including phenoxy) is 1. The van der Waals surface area contributed by atoms with E-state index in [9.17, 15) is 9.90 Å². The van der Waals surface area contributed by atoms with E-state index in [0.717, 1.165) is 25.7 Å². The molecule has 1 aromatic heterocycles. The van der Waals surface area contributed by atoms with Crippen LogP contribution in [0.25, 0.3) is 0 Å². The molecule has 5 nitrogen and oxygen atoms in total. The van der Waals surface area contributed by atoms with E-state index in [0.29, 0.717) is 17.9 Å². The maximum Gasteiger partial charge on any atom is 0.341 e. The van der Waals surface area contributed by atoms with E-state index in [1.807, 2.05) is 0 Å². The van der Waals surface area contributed by atoms with Crippen LogP contribution in [0.4, 0.5) is 5.82 Å². The summed E-state index contributed by atoms with van der Waals surface area (Å²) < 4.78 is 4.71. The van der Waals surface area contributed by atoms with Gasteiger partial charge in [-0.15, -0.1) is 0 Å². The first kappa shape index (κ1) is 13.8. The van der Waals surface area contributed by atoms with Gasteiger partial charge in [0.15, 0.2) is 0 Å². The van der Waals surface area contributed by atoms with Gasteiger partial charge in [0.1, 0.15) is 11.4 Å². The first-order valence-corrected chi connectivity index (χ1v) is 6.64. The number of pyridine rings is 1. The third-order valence-electron chi connectivity index (χ3n) is 3.58. The highest BCUT2D eigenvalue weighted by Crippen LogP contribution is 2.28. The molecule has 1 fully saturated rings. The van der Waals surface area contributed by atoms with Crippen molar-refractivity contribution < 1.29 is 14.6 Å². The molecule has 1 aliphatic carbocycles. The summed E-state index contributed by atoms with van der Waals surface area (Å²) in [6.45, 7) is 0.411. The predicted octanol–water partition coefficient (Wildman–Crippen LogP) is 1.98. The lowest BCUT2D eigenvalue weighted by Crippen LogP contribution is -2.39. The molecular weight excluding hydrogens is 244 g/mol. The van der Waals surface area contributed by atoms with Gasteiger partial charge in [0.25, 0.3) is 0 Å². The van der Waals surface area contributed by atoms with Crippen molar-refractivity contribution in [2.24, 2.45) is 0 Å². The molecule has 1 saturated carbocycles. The van der Waals surface area contributed by atoms with Crippen LogP contribution in [0.5, 0.6) is 0 Å². The summed E-state index contributed by atoms with van der Waals surface area (Å²) in [7, 11) is 1.34. The lowest BCUT2D eigenvalue weighted by Gasteiger charge is -2.32. The van der Waals surface area contributed by atoms with Gasteiger partial charge in [0.05, 0.1) is 12.7 Å². The number of aliphatic hydroxyl groups is 1. The standard InChI is InChI=1S/C14H20N2O3/c1-19-13(17)11-6-5-9-15-12(11)16-10-14(18)7-3-2-4-8-14/h5-6,9,18H,2-4,7-8,10H2,1H3,(H,15,16). The third-order valence-corrected chi connectivity index (χ3v) is 3.58. The third kappa shape index (κ3) is 3.44. The number of carbonyl (C=O) groups is 1. The minimum atomic E-state index is -0.691. The van der Waals surface area contributed by atoms with Crippen molar-refractivity contribution in [3.63, 3.8) is 0 Å². The maximum absolute atomic E-state index is 11.6. The number of nitrogens with one attached hydrogen (secondary N) is 1. The van der Waals surface area contributed by atoms with Crippen LogP contribution in [-0.2, 0) is 4.74 Å². The van der Waals surface area contributed by atoms with Gasteiger partial charge in [-0.2, -0.15) is 0 Å². The maximum atomic E-state index is 11.6. The van der Waals surface area contributed by atoms with Crippen LogP contribution in [0, 0.1) is 0 Å². The van der Waals surface area contributed by atoms with E-state index in [-0.39, 0.29) is 0 Å². The minimum Gasteiger partial charge on any atom is -0.465 e. The van der Waals surface area contributed by atoms with Crippen molar-refractivity contribution in [1.82, 2.24) is 4.98 Å². The van der Waals surface area contributed by atoms with Crippen molar-refractivity contribution >= 4 is 11.8 Å². The molecular formula is C14H20N2O3. The zero-order chi connectivity index (χ0) is 13.7. The zero-order valence-electron chi connectivity index (χ0n) is 11.2. The molecule has 0 aromatic carbocycles. The molecule has 2 rings (SSSR count). The molecule has 0 radical (unpaired) electrons. The predicted molar refractivity (Wildman–Crippen MR) is 72.1 cm³/mol. The molecule has 1 aliphatic rings. The van der Waals surface area contributed by atoms with Crippen LogP contribution in [0.3, 0.4) is 0 Å². The van der Waals surface area contributed by atoms with E-state index in [1.165, 1.54) is 13.5 Å². The first-order chi connectivity index (χ1) is 9.14. The Balaban J connectivity index is 2.04. The smallest absolute Gasteiger partial charge is 0.341 e. The van der Waals surface area contributed by atoms with Gasteiger partial charge < -0.3 is 15.2 Å². The Kier molecular flexibility index (Phi) is 4.37. The summed E-state index contributed by atoms with van der Waals surface area (Å²) in [5, 5.41) is 13.5. The number of rotatable bonds is 4. The highest BCUT2D eigenvalue weighted by molar-refractivity contribution is 5.94. The molecule has 0 unspecified atom stereocenters. The Morgan fingerprint density at radius 2 is 2.21 bits per heavy atom. The minimum absolute atomic E-state index is 0.393. The lowest BCUT2D eigenvalue weighted by molar-refractivity contribution is 0.0166. The molecule has 0 bridgehead atoms. The first-order valence-electron chi connectivity index (χ1n) is 6.64. The number of anilines is 1. The fourth-order valence-electron chi connectivity index (χ4n) is 2.46. The van der Waals surface area contributed by atoms with Gasteiger partial charge >= 0.3 is 5.97 Å². The molecule has 0 aliphatic heterocycles. The van der Waals surface area contributed by atoms with Crippen molar-refractivity contribution in [3.05, 3.63) is 23.9 Å². The topological polar surface area (TPSA) is 71.5 Å². The van der Waals surface area contributed by atoms with Crippen LogP contribution in [-0.4, -0.2) is 35.3 Å². The van der Waals surface area contributed by atoms with Gasteiger partial charge in [0, 0.05) is 12.7 Å². The number of carbonyl (C=O) groups excluding carboxylic acids is 1. The Bertz CT molecular complexity index is 442. The summed E-state index contributed by atoms with van der Waals surface area (Å²) in [5.41, 5.74) is -0.298. The fraction of sp³-hybridized carbons (Fsp3) is 0.571. The Hall–Kier alpha value is -1.62. The molecule has 104 valence electrons. The number of hydrogen-bond donors (Lipinski definition) is 2. The Labute approximate surface area is 113 Å². The summed E-state index contributed by atoms with van der Waals surface area (Å²) in [5.74, 6) is 0.0413. The van der Waals surface area contributed by atoms with E-state index in [1.54, 1.807) is 18.3 Å². The largest absolute Gasteiger partial charge is 0.465 e. The molecule has 1 heterocycles. The quantitative estimate of drug-likeness (QED) is 0.814. The molecule has 0 spiro atoms. The molecule has 1 aromatic rings. The molecule has 2 N–H and O–H groups in total. The van der Waals surface area contributed by atoms with E-state index >= 15 is 0 Å². The van der Waals surface area contributed by atoms with E-state index in [2.05, 4.69) is 10.3 Å². The number of hydrogen-bond acceptors (Lipinski definition) is 5. The average molecular weight is 264 g/mol. The molecule has 19 heavy (non-hydrogen) atoms. The molecule has 5 heteroatoms. The van der Waals surface area contributed by atoms with Crippen molar-refractivity contribution in [2.75, 3.05) is 19.0 Å². The van der Waals surface area contributed by atoms with Gasteiger partial charge in [-0.25, -0.2) is 9.78 Å². The summed E-state index contributed by atoms with van der Waals surface area (Å²) in [6, 6.07) is 3.35. The van der Waals surface area contributed by atoms with E-state index in [4.69, 9.17) is 4.74 Å². The summed E-state index contributed by atoms with van der Waals surface area (Å²) >= 11 is 0. The van der Waals surface area contributed by atoms with Crippen molar-refractivity contribution in [3.8, 4) is 0 Å². The number of esters is 1. The Morgan fingerprint density at radius 1 is 1.47 bits per heavy atom. The second kappa shape index (κ2) is 6.02. The fourth-order valence-corrected chi connectivity index (χ4v) is 2.46.